The van der Waals surface area contributed by atoms with Crippen molar-refractivity contribution < 1.29 is 19.1 Å². The maximum absolute atomic E-state index is 11.9. The van der Waals surface area contributed by atoms with Crippen LogP contribution in [0.3, 0.4) is 0 Å². The summed E-state index contributed by atoms with van der Waals surface area (Å²) in [6, 6.07) is 0. The molecule has 6 nitrogen and oxygen atoms in total. The zero-order chi connectivity index (χ0) is 14.5. The lowest BCUT2D eigenvalue weighted by molar-refractivity contribution is -0.127. The van der Waals surface area contributed by atoms with E-state index in [1.165, 1.54) is 0 Å². The van der Waals surface area contributed by atoms with Gasteiger partial charge in [-0.25, -0.2) is 4.79 Å². The Morgan fingerprint density at radius 2 is 2.11 bits per heavy atom. The Kier molecular flexibility index (Phi) is 5.32. The third-order valence-electron chi connectivity index (χ3n) is 2.80. The molecule has 0 aromatic rings. The first-order valence-electron chi connectivity index (χ1n) is 6.53. The van der Waals surface area contributed by atoms with Crippen LogP contribution in [0.1, 0.15) is 33.6 Å². The molecule has 1 heterocycles. The van der Waals surface area contributed by atoms with Gasteiger partial charge >= 0.3 is 6.09 Å². The minimum atomic E-state index is -0.538. The number of nitrogens with one attached hydrogen (secondary N) is 1. The van der Waals surface area contributed by atoms with Crippen LogP contribution in [0.4, 0.5) is 4.79 Å². The Morgan fingerprint density at radius 1 is 1.42 bits per heavy atom. The summed E-state index contributed by atoms with van der Waals surface area (Å²) < 4.78 is 5.29. The minimum Gasteiger partial charge on any atom is -0.444 e. The van der Waals surface area contributed by atoms with Crippen LogP contribution in [-0.2, 0) is 14.3 Å². The fraction of sp³-hybridized carbons (Fsp3) is 0.769. The first-order valence-corrected chi connectivity index (χ1v) is 6.53. The van der Waals surface area contributed by atoms with E-state index in [2.05, 4.69) is 5.32 Å². The monoisotopic (exact) mass is 270 g/mol. The van der Waals surface area contributed by atoms with Crippen molar-refractivity contribution in [3.63, 3.8) is 0 Å². The molecule has 1 aliphatic rings. The molecule has 0 aliphatic carbocycles. The normalized spacial score (nSPS) is 19.7. The number of rotatable bonds is 3. The summed E-state index contributed by atoms with van der Waals surface area (Å²) in [5.41, 5.74) is -0.538. The van der Waals surface area contributed by atoms with Crippen LogP contribution < -0.4 is 5.32 Å². The van der Waals surface area contributed by atoms with Crippen LogP contribution in [0, 0.1) is 5.92 Å². The topological polar surface area (TPSA) is 75.7 Å². The first kappa shape index (κ1) is 15.5. The van der Waals surface area contributed by atoms with Gasteiger partial charge in [-0.2, -0.15) is 0 Å². The third-order valence-corrected chi connectivity index (χ3v) is 2.80. The maximum atomic E-state index is 11.9. The fourth-order valence-electron chi connectivity index (χ4n) is 1.97. The highest BCUT2D eigenvalue weighted by atomic mass is 16.6. The van der Waals surface area contributed by atoms with Gasteiger partial charge in [0, 0.05) is 13.1 Å². The van der Waals surface area contributed by atoms with Gasteiger partial charge in [0.15, 0.2) is 0 Å². The number of ether oxygens (including phenoxy) is 1. The summed E-state index contributed by atoms with van der Waals surface area (Å²) in [5, 5.41) is 2.52. The molecule has 0 bridgehead atoms. The maximum Gasteiger partial charge on any atom is 0.410 e. The molecule has 6 heteroatoms. The van der Waals surface area contributed by atoms with Crippen molar-refractivity contribution in [1.29, 1.82) is 0 Å². The second kappa shape index (κ2) is 6.54. The van der Waals surface area contributed by atoms with Crippen molar-refractivity contribution in [2.24, 2.45) is 5.92 Å². The van der Waals surface area contributed by atoms with Gasteiger partial charge in [-0.05, 0) is 33.6 Å². The standard InChI is InChI=1S/C13H22N2O4/c1-13(2,3)19-12(18)15-7-4-5-10(9-15)11(17)14-6-8-16/h8,10H,4-7,9H2,1-3H3,(H,14,17). The van der Waals surface area contributed by atoms with Crippen molar-refractivity contribution in [3.8, 4) is 0 Å². The molecular formula is C13H22N2O4. The highest BCUT2D eigenvalue weighted by Gasteiger charge is 2.30. The zero-order valence-electron chi connectivity index (χ0n) is 11.8. The first-order chi connectivity index (χ1) is 8.83. The number of likely N-dealkylation sites (tertiary alicyclic amines) is 1. The molecule has 0 aromatic carbocycles. The summed E-state index contributed by atoms with van der Waals surface area (Å²) in [6.45, 7) is 6.39. The molecule has 1 N–H and O–H groups in total. The molecule has 1 aliphatic heterocycles. The lowest BCUT2D eigenvalue weighted by atomic mass is 9.97. The van der Waals surface area contributed by atoms with E-state index in [1.807, 2.05) is 20.8 Å². The van der Waals surface area contributed by atoms with Crippen molar-refractivity contribution in [3.05, 3.63) is 0 Å². The van der Waals surface area contributed by atoms with Crippen LogP contribution in [-0.4, -0.2) is 48.4 Å². The van der Waals surface area contributed by atoms with Crippen molar-refractivity contribution in [1.82, 2.24) is 10.2 Å². The van der Waals surface area contributed by atoms with Crippen molar-refractivity contribution in [2.75, 3.05) is 19.6 Å². The Hall–Kier alpha value is -1.59. The summed E-state index contributed by atoms with van der Waals surface area (Å²) in [5.74, 6) is -0.443. The lowest BCUT2D eigenvalue weighted by Crippen LogP contribution is -2.47. The number of hydrogen-bond donors (Lipinski definition) is 1. The summed E-state index contributed by atoms with van der Waals surface area (Å²) in [6.07, 6.45) is 1.75. The summed E-state index contributed by atoms with van der Waals surface area (Å²) >= 11 is 0. The molecule has 108 valence electrons. The van der Waals surface area contributed by atoms with Gasteiger partial charge in [-0.1, -0.05) is 0 Å². The van der Waals surface area contributed by atoms with E-state index in [0.29, 0.717) is 19.4 Å². The average molecular weight is 270 g/mol. The predicted molar refractivity (Wildman–Crippen MR) is 69.6 cm³/mol. The highest BCUT2D eigenvalue weighted by Crippen LogP contribution is 2.19. The highest BCUT2D eigenvalue weighted by molar-refractivity contribution is 5.81. The number of amides is 2. The third kappa shape index (κ3) is 5.28. The van der Waals surface area contributed by atoms with Crippen LogP contribution >= 0.6 is 0 Å². The fourth-order valence-corrected chi connectivity index (χ4v) is 1.97. The van der Waals surface area contributed by atoms with E-state index in [0.717, 1.165) is 12.8 Å². The molecule has 1 saturated heterocycles. The molecule has 0 saturated carbocycles. The Bertz CT molecular complexity index is 349. The van der Waals surface area contributed by atoms with E-state index in [4.69, 9.17) is 4.74 Å². The zero-order valence-corrected chi connectivity index (χ0v) is 11.8. The second-order valence-electron chi connectivity index (χ2n) is 5.68. The van der Waals surface area contributed by atoms with Crippen molar-refractivity contribution >= 4 is 18.3 Å². The second-order valence-corrected chi connectivity index (χ2v) is 5.68. The van der Waals surface area contributed by atoms with Crippen LogP contribution in [0.2, 0.25) is 0 Å². The number of piperidine rings is 1. The molecule has 1 atom stereocenters. The Morgan fingerprint density at radius 3 is 2.68 bits per heavy atom. The van der Waals surface area contributed by atoms with E-state index in [-0.39, 0.29) is 24.5 Å². The minimum absolute atomic E-state index is 0.0156. The molecular weight excluding hydrogens is 248 g/mol. The van der Waals surface area contributed by atoms with Gasteiger partial charge in [0.2, 0.25) is 5.91 Å². The van der Waals surface area contributed by atoms with Gasteiger partial charge in [-0.15, -0.1) is 0 Å². The number of aldehydes is 1. The lowest BCUT2D eigenvalue weighted by Gasteiger charge is -2.33. The van der Waals surface area contributed by atoms with Crippen LogP contribution in [0.25, 0.3) is 0 Å². The van der Waals surface area contributed by atoms with E-state index < -0.39 is 5.60 Å². The molecule has 1 rings (SSSR count). The van der Waals surface area contributed by atoms with Gasteiger partial charge in [0.1, 0.15) is 11.9 Å². The number of carbonyl (C=O) groups excluding carboxylic acids is 3. The molecule has 2 amide bonds. The number of nitrogens with zero attached hydrogens (tertiary/aromatic N) is 1. The average Bonchev–Trinajstić information content (AvgIpc) is 2.34. The van der Waals surface area contributed by atoms with Gasteiger partial charge in [0.25, 0.3) is 0 Å². The Labute approximate surface area is 113 Å². The van der Waals surface area contributed by atoms with Gasteiger partial charge < -0.3 is 19.7 Å². The van der Waals surface area contributed by atoms with Crippen LogP contribution in [0.15, 0.2) is 0 Å². The summed E-state index contributed by atoms with van der Waals surface area (Å²) in [4.78, 5) is 35.5. The molecule has 0 aromatic heterocycles. The molecule has 1 unspecified atom stereocenters. The van der Waals surface area contributed by atoms with Gasteiger partial charge in [0.05, 0.1) is 12.5 Å². The largest absolute Gasteiger partial charge is 0.444 e. The number of carbonyl (C=O) groups is 3. The Balaban J connectivity index is 2.52. The molecule has 1 fully saturated rings. The number of hydrogen-bond acceptors (Lipinski definition) is 4. The molecule has 0 spiro atoms. The van der Waals surface area contributed by atoms with Gasteiger partial charge in [-0.3, -0.25) is 4.79 Å². The molecule has 0 radical (unpaired) electrons. The van der Waals surface area contributed by atoms with Crippen LogP contribution in [0.5, 0.6) is 0 Å². The van der Waals surface area contributed by atoms with Crippen molar-refractivity contribution in [2.45, 2.75) is 39.2 Å². The molecule has 19 heavy (non-hydrogen) atoms. The van der Waals surface area contributed by atoms with E-state index in [1.54, 1.807) is 4.90 Å². The summed E-state index contributed by atoms with van der Waals surface area (Å²) in [7, 11) is 0. The smallest absolute Gasteiger partial charge is 0.410 e. The van der Waals surface area contributed by atoms with E-state index in [9.17, 15) is 14.4 Å². The SMILES string of the molecule is CC(C)(C)OC(=O)N1CCCC(C(=O)NCC=O)C1. The quantitative estimate of drug-likeness (QED) is 0.775. The predicted octanol–water partition coefficient (Wildman–Crippen LogP) is 0.949. The van der Waals surface area contributed by atoms with E-state index >= 15 is 0 Å².